The van der Waals surface area contributed by atoms with E-state index in [1.807, 2.05) is 37.3 Å². The van der Waals surface area contributed by atoms with Gasteiger partial charge in [0.2, 0.25) is 0 Å². The number of hydrogen-bond acceptors (Lipinski definition) is 8. The molecule has 0 spiro atoms. The predicted molar refractivity (Wildman–Crippen MR) is 135 cm³/mol. The molecule has 1 aliphatic rings. The van der Waals surface area contributed by atoms with Crippen molar-refractivity contribution in [2.24, 2.45) is 4.99 Å². The summed E-state index contributed by atoms with van der Waals surface area (Å²) in [6, 6.07) is 15.8. The number of ether oxygens (including phenoxy) is 3. The summed E-state index contributed by atoms with van der Waals surface area (Å²) < 4.78 is 17.4. The highest BCUT2D eigenvalue weighted by Crippen LogP contribution is 2.31. The molecule has 0 radical (unpaired) electrons. The van der Waals surface area contributed by atoms with Crippen LogP contribution < -0.4 is 19.6 Å². The van der Waals surface area contributed by atoms with Gasteiger partial charge in [0, 0.05) is 0 Å². The van der Waals surface area contributed by atoms with E-state index in [-0.39, 0.29) is 12.2 Å². The third kappa shape index (κ3) is 5.16. The number of aromatic nitrogens is 1. The minimum absolute atomic E-state index is 0.173. The van der Waals surface area contributed by atoms with Crippen molar-refractivity contribution >= 4 is 29.4 Å². The Bertz CT molecular complexity index is 1470. The molecule has 0 unspecified atom stereocenters. The number of hydrogen-bond donors (Lipinski definition) is 0. The fraction of sp³-hybridized carbons (Fsp3) is 0.259. The molecule has 0 saturated carbocycles. The molecular weight excluding hydrogens is 480 g/mol. The molecule has 0 saturated heterocycles. The summed E-state index contributed by atoms with van der Waals surface area (Å²) in [6.45, 7) is 3.78. The van der Waals surface area contributed by atoms with Crippen molar-refractivity contribution in [2.45, 2.75) is 26.3 Å². The minimum Gasteiger partial charge on any atom is -0.482 e. The second kappa shape index (κ2) is 11.2. The number of fused-ring (bicyclic) bond motifs is 1. The third-order valence-corrected chi connectivity index (χ3v) is 6.59. The number of nitrogens with zero attached hydrogens (tertiary/aromatic N) is 2. The van der Waals surface area contributed by atoms with Gasteiger partial charge in [-0.3, -0.25) is 9.36 Å². The van der Waals surface area contributed by atoms with Gasteiger partial charge in [0.25, 0.3) is 5.56 Å². The smallest absolute Gasteiger partial charge is 0.344 e. The Morgan fingerprint density at radius 2 is 1.81 bits per heavy atom. The standard InChI is InChI=1S/C27H26N2O6S/c1-4-20-23(26(32)33-3)24(18-9-7-6-8-10-18)29-25(31)21(36-27(29)28-20)15-17-11-13-19(14-12-17)35-16-22(30)34-5-2/h6-15,24H,4-5,16H2,1-3H3/b21-15-/t24-/m1/s1. The fourth-order valence-corrected chi connectivity index (χ4v) is 4.99. The van der Waals surface area contributed by atoms with Gasteiger partial charge in [-0.2, -0.15) is 0 Å². The third-order valence-electron chi connectivity index (χ3n) is 5.61. The molecule has 0 fully saturated rings. The minimum atomic E-state index is -0.634. The first-order valence-corrected chi connectivity index (χ1v) is 12.3. The topological polar surface area (TPSA) is 96.2 Å². The molecule has 1 aromatic heterocycles. The molecule has 2 heterocycles. The van der Waals surface area contributed by atoms with Gasteiger partial charge in [-0.25, -0.2) is 14.6 Å². The van der Waals surface area contributed by atoms with Crippen LogP contribution in [0.25, 0.3) is 6.08 Å². The van der Waals surface area contributed by atoms with Gasteiger partial charge in [-0.15, -0.1) is 0 Å². The number of methoxy groups -OCH3 is 1. The Balaban J connectivity index is 1.75. The summed E-state index contributed by atoms with van der Waals surface area (Å²) in [5.74, 6) is -0.424. The summed E-state index contributed by atoms with van der Waals surface area (Å²) in [5.41, 5.74) is 2.31. The largest absolute Gasteiger partial charge is 0.482 e. The Hall–Kier alpha value is -3.98. The quantitative estimate of drug-likeness (QED) is 0.436. The first-order chi connectivity index (χ1) is 17.5. The molecule has 0 aliphatic carbocycles. The summed E-state index contributed by atoms with van der Waals surface area (Å²) in [7, 11) is 1.33. The molecule has 0 bridgehead atoms. The van der Waals surface area contributed by atoms with Crippen molar-refractivity contribution in [3.8, 4) is 5.75 Å². The molecule has 1 aliphatic heterocycles. The van der Waals surface area contributed by atoms with Crippen molar-refractivity contribution in [3.05, 3.63) is 96.7 Å². The highest BCUT2D eigenvalue weighted by atomic mass is 32.1. The molecule has 3 aromatic rings. The second-order valence-electron chi connectivity index (χ2n) is 7.86. The van der Waals surface area contributed by atoms with Crippen LogP contribution in [0.15, 0.2) is 75.7 Å². The first-order valence-electron chi connectivity index (χ1n) is 11.5. The van der Waals surface area contributed by atoms with E-state index < -0.39 is 18.0 Å². The lowest BCUT2D eigenvalue weighted by molar-refractivity contribution is -0.145. The van der Waals surface area contributed by atoms with Crippen LogP contribution in [0.5, 0.6) is 5.75 Å². The van der Waals surface area contributed by atoms with Gasteiger partial charge in [0.05, 0.1) is 35.6 Å². The maximum atomic E-state index is 13.6. The number of carbonyl (C=O) groups excluding carboxylic acids is 2. The SMILES string of the molecule is CCOC(=O)COc1ccc(/C=c2\sc3n(c2=O)[C@H](c2ccccc2)C(C(=O)OC)=C(CC)N=3)cc1. The zero-order valence-electron chi connectivity index (χ0n) is 20.2. The van der Waals surface area contributed by atoms with Crippen molar-refractivity contribution < 1.29 is 23.8 Å². The van der Waals surface area contributed by atoms with Gasteiger partial charge >= 0.3 is 11.9 Å². The molecular formula is C27H26N2O6S. The van der Waals surface area contributed by atoms with E-state index in [0.717, 1.165) is 11.1 Å². The van der Waals surface area contributed by atoms with E-state index in [1.54, 1.807) is 41.8 Å². The summed E-state index contributed by atoms with van der Waals surface area (Å²) in [6.07, 6.45) is 2.29. The average Bonchev–Trinajstić information content (AvgIpc) is 3.21. The van der Waals surface area contributed by atoms with E-state index in [2.05, 4.69) is 4.99 Å². The second-order valence-corrected chi connectivity index (χ2v) is 8.87. The van der Waals surface area contributed by atoms with Gasteiger partial charge in [0.1, 0.15) is 5.75 Å². The molecule has 9 heteroatoms. The average molecular weight is 507 g/mol. The number of carbonyl (C=O) groups is 2. The molecule has 1 atom stereocenters. The van der Waals surface area contributed by atoms with Crippen LogP contribution in [0.1, 0.15) is 37.4 Å². The molecule has 8 nitrogen and oxygen atoms in total. The van der Waals surface area contributed by atoms with Gasteiger partial charge in [-0.05, 0) is 42.7 Å². The fourth-order valence-electron chi connectivity index (χ4n) is 3.97. The Kier molecular flexibility index (Phi) is 7.80. The van der Waals surface area contributed by atoms with Gasteiger partial charge in [0.15, 0.2) is 11.4 Å². The van der Waals surface area contributed by atoms with Crippen LogP contribution in [0.4, 0.5) is 0 Å². The highest BCUT2D eigenvalue weighted by molar-refractivity contribution is 7.07. The first kappa shape index (κ1) is 25.1. The maximum absolute atomic E-state index is 13.6. The van der Waals surface area contributed by atoms with Crippen molar-refractivity contribution in [1.29, 1.82) is 0 Å². The lowest BCUT2D eigenvalue weighted by Crippen LogP contribution is -2.40. The number of benzene rings is 2. The van der Waals surface area contributed by atoms with E-state index in [1.165, 1.54) is 18.4 Å². The molecule has 4 rings (SSSR count). The maximum Gasteiger partial charge on any atom is 0.344 e. The van der Waals surface area contributed by atoms with Crippen molar-refractivity contribution in [2.75, 3.05) is 20.3 Å². The van der Waals surface area contributed by atoms with Crippen LogP contribution in [0.3, 0.4) is 0 Å². The van der Waals surface area contributed by atoms with E-state index in [0.29, 0.717) is 39.4 Å². The number of rotatable bonds is 8. The predicted octanol–water partition coefficient (Wildman–Crippen LogP) is 2.74. The molecule has 0 N–H and O–H groups in total. The molecule has 0 amide bonds. The lowest BCUT2D eigenvalue weighted by atomic mass is 9.95. The van der Waals surface area contributed by atoms with Crippen molar-refractivity contribution in [1.82, 2.24) is 4.57 Å². The zero-order chi connectivity index (χ0) is 25.7. The Morgan fingerprint density at radius 1 is 1.08 bits per heavy atom. The van der Waals surface area contributed by atoms with Crippen LogP contribution in [0.2, 0.25) is 0 Å². The van der Waals surface area contributed by atoms with Crippen LogP contribution in [-0.4, -0.2) is 36.8 Å². The Morgan fingerprint density at radius 3 is 2.44 bits per heavy atom. The van der Waals surface area contributed by atoms with E-state index >= 15 is 0 Å². The molecule has 186 valence electrons. The van der Waals surface area contributed by atoms with Gasteiger partial charge in [-0.1, -0.05) is 60.7 Å². The highest BCUT2D eigenvalue weighted by Gasteiger charge is 2.33. The Labute approximate surface area is 211 Å². The van der Waals surface area contributed by atoms with Crippen LogP contribution >= 0.6 is 11.3 Å². The van der Waals surface area contributed by atoms with Crippen molar-refractivity contribution in [3.63, 3.8) is 0 Å². The number of thiazole rings is 1. The monoisotopic (exact) mass is 506 g/mol. The molecule has 36 heavy (non-hydrogen) atoms. The van der Waals surface area contributed by atoms with E-state index in [4.69, 9.17) is 14.2 Å². The van der Waals surface area contributed by atoms with Crippen LogP contribution in [-0.2, 0) is 19.1 Å². The summed E-state index contributed by atoms with van der Waals surface area (Å²) in [5, 5.41) is 0. The van der Waals surface area contributed by atoms with E-state index in [9.17, 15) is 14.4 Å². The summed E-state index contributed by atoms with van der Waals surface area (Å²) >= 11 is 1.27. The lowest BCUT2D eigenvalue weighted by Gasteiger charge is -2.25. The number of allylic oxidation sites excluding steroid dienone is 1. The molecule has 2 aromatic carbocycles. The van der Waals surface area contributed by atoms with Gasteiger partial charge < -0.3 is 14.2 Å². The zero-order valence-corrected chi connectivity index (χ0v) is 21.0. The van der Waals surface area contributed by atoms with Crippen LogP contribution in [0, 0.1) is 0 Å². The normalized spacial score (nSPS) is 15.2. The summed E-state index contributed by atoms with van der Waals surface area (Å²) in [4.78, 5) is 43.1. The number of esters is 2.